The predicted molar refractivity (Wildman–Crippen MR) is 76.1 cm³/mol. The zero-order valence-corrected chi connectivity index (χ0v) is 11.9. The van der Waals surface area contributed by atoms with Gasteiger partial charge in [0.1, 0.15) is 0 Å². The molecule has 1 aliphatic carbocycles. The number of hydrogen-bond donors (Lipinski definition) is 2. The largest absolute Gasteiger partial charge is 0.327 e. The first-order valence-electron chi connectivity index (χ1n) is 7.66. The second-order valence-corrected chi connectivity index (χ2v) is 6.16. The van der Waals surface area contributed by atoms with Crippen molar-refractivity contribution in [2.45, 2.75) is 71.3 Å². The quantitative estimate of drug-likeness (QED) is 0.607. The first-order valence-corrected chi connectivity index (χ1v) is 7.66. The smallest absolute Gasteiger partial charge is 0.00792 e. The molecule has 0 radical (unpaired) electrons. The van der Waals surface area contributed by atoms with Crippen LogP contribution in [0.3, 0.4) is 0 Å². The molecule has 2 unspecified atom stereocenters. The maximum atomic E-state index is 6.05. The van der Waals surface area contributed by atoms with Crippen LogP contribution < -0.4 is 11.1 Å². The fourth-order valence-electron chi connectivity index (χ4n) is 2.76. The molecular weight excluding hydrogens is 208 g/mol. The summed E-state index contributed by atoms with van der Waals surface area (Å²) in [4.78, 5) is 0. The molecule has 0 aromatic rings. The molecule has 1 saturated carbocycles. The van der Waals surface area contributed by atoms with E-state index in [4.69, 9.17) is 5.73 Å². The van der Waals surface area contributed by atoms with Crippen molar-refractivity contribution >= 4 is 0 Å². The minimum Gasteiger partial charge on any atom is -0.327 e. The third kappa shape index (κ3) is 7.05. The first kappa shape index (κ1) is 15.0. The summed E-state index contributed by atoms with van der Waals surface area (Å²) in [5.74, 6) is 1.62. The van der Waals surface area contributed by atoms with Crippen molar-refractivity contribution in [2.24, 2.45) is 17.6 Å². The minimum atomic E-state index is 0.466. The molecule has 1 fully saturated rings. The van der Waals surface area contributed by atoms with Gasteiger partial charge >= 0.3 is 0 Å². The Morgan fingerprint density at radius 1 is 1.12 bits per heavy atom. The van der Waals surface area contributed by atoms with Crippen molar-refractivity contribution in [3.63, 3.8) is 0 Å². The van der Waals surface area contributed by atoms with Crippen molar-refractivity contribution in [1.29, 1.82) is 0 Å². The summed E-state index contributed by atoms with van der Waals surface area (Å²) < 4.78 is 0. The second kappa shape index (κ2) is 8.93. The Balaban J connectivity index is 1.81. The average molecular weight is 240 g/mol. The van der Waals surface area contributed by atoms with Gasteiger partial charge in [0, 0.05) is 6.04 Å². The van der Waals surface area contributed by atoms with Crippen LogP contribution in [-0.4, -0.2) is 19.1 Å². The first-order chi connectivity index (χ1) is 8.20. The molecule has 2 heteroatoms. The van der Waals surface area contributed by atoms with E-state index < -0.39 is 0 Å². The molecule has 1 aliphatic rings. The topological polar surface area (TPSA) is 38.0 Å². The van der Waals surface area contributed by atoms with Crippen LogP contribution in [0.1, 0.15) is 65.2 Å². The average Bonchev–Trinajstić information content (AvgIpc) is 2.68. The van der Waals surface area contributed by atoms with Crippen LogP contribution >= 0.6 is 0 Å². The van der Waals surface area contributed by atoms with Crippen LogP contribution in [0, 0.1) is 11.8 Å². The zero-order valence-electron chi connectivity index (χ0n) is 11.9. The Kier molecular flexibility index (Phi) is 7.87. The van der Waals surface area contributed by atoms with Crippen LogP contribution in [0.5, 0.6) is 0 Å². The highest BCUT2D eigenvalue weighted by atomic mass is 14.9. The van der Waals surface area contributed by atoms with Crippen LogP contribution in [0.25, 0.3) is 0 Å². The highest BCUT2D eigenvalue weighted by Gasteiger charge is 2.22. The number of unbranched alkanes of at least 4 members (excludes halogenated alkanes) is 3. The number of nitrogens with two attached hydrogens (primary N) is 1. The molecule has 2 nitrogen and oxygen atoms in total. The molecule has 0 amide bonds. The van der Waals surface area contributed by atoms with Gasteiger partial charge in [-0.15, -0.1) is 0 Å². The lowest BCUT2D eigenvalue weighted by Crippen LogP contribution is -2.33. The van der Waals surface area contributed by atoms with Gasteiger partial charge in [0.2, 0.25) is 0 Å². The molecule has 0 heterocycles. The Labute approximate surface area is 108 Å². The highest BCUT2D eigenvalue weighted by Crippen LogP contribution is 2.22. The van der Waals surface area contributed by atoms with E-state index in [0.29, 0.717) is 6.04 Å². The van der Waals surface area contributed by atoms with Crippen LogP contribution in [0.15, 0.2) is 0 Å². The van der Waals surface area contributed by atoms with Crippen molar-refractivity contribution in [1.82, 2.24) is 5.32 Å². The third-order valence-corrected chi connectivity index (χ3v) is 4.01. The van der Waals surface area contributed by atoms with Crippen molar-refractivity contribution in [3.05, 3.63) is 0 Å². The molecular formula is C15H32N2. The van der Waals surface area contributed by atoms with E-state index in [-0.39, 0.29) is 0 Å². The number of nitrogens with one attached hydrogen (secondary N) is 1. The van der Waals surface area contributed by atoms with Crippen LogP contribution in [0.4, 0.5) is 0 Å². The van der Waals surface area contributed by atoms with Gasteiger partial charge in [0.05, 0.1) is 0 Å². The van der Waals surface area contributed by atoms with E-state index in [0.717, 1.165) is 18.4 Å². The van der Waals surface area contributed by atoms with Gasteiger partial charge in [-0.25, -0.2) is 0 Å². The monoisotopic (exact) mass is 240 g/mol. The lowest BCUT2D eigenvalue weighted by Gasteiger charge is -2.15. The molecule has 0 aromatic carbocycles. The van der Waals surface area contributed by atoms with Gasteiger partial charge in [-0.2, -0.15) is 0 Å². The minimum absolute atomic E-state index is 0.466. The molecule has 0 aliphatic heterocycles. The standard InChI is InChI=1S/C15H32N2/c1-13(2)8-5-3-4-6-11-17-12-14-9-7-10-15(14)16/h13-15,17H,3-12,16H2,1-2H3. The SMILES string of the molecule is CC(C)CCCCCCNCC1CCCC1N. The zero-order chi connectivity index (χ0) is 12.5. The van der Waals surface area contributed by atoms with Gasteiger partial charge in [-0.1, -0.05) is 46.0 Å². The molecule has 17 heavy (non-hydrogen) atoms. The van der Waals surface area contributed by atoms with Crippen molar-refractivity contribution < 1.29 is 0 Å². The lowest BCUT2D eigenvalue weighted by molar-refractivity contribution is 0.435. The third-order valence-electron chi connectivity index (χ3n) is 4.01. The van der Waals surface area contributed by atoms with E-state index in [9.17, 15) is 0 Å². The summed E-state index contributed by atoms with van der Waals surface area (Å²) in [5, 5.41) is 3.58. The van der Waals surface area contributed by atoms with Crippen molar-refractivity contribution in [3.8, 4) is 0 Å². The summed E-state index contributed by atoms with van der Waals surface area (Å²) in [6.07, 6.45) is 10.8. The normalized spacial score (nSPS) is 24.7. The number of hydrogen-bond acceptors (Lipinski definition) is 2. The van der Waals surface area contributed by atoms with E-state index >= 15 is 0 Å². The van der Waals surface area contributed by atoms with Crippen LogP contribution in [-0.2, 0) is 0 Å². The summed E-state index contributed by atoms with van der Waals surface area (Å²) in [5.41, 5.74) is 6.05. The summed E-state index contributed by atoms with van der Waals surface area (Å²) in [7, 11) is 0. The molecule has 0 bridgehead atoms. The van der Waals surface area contributed by atoms with E-state index in [2.05, 4.69) is 19.2 Å². The fraction of sp³-hybridized carbons (Fsp3) is 1.00. The Morgan fingerprint density at radius 3 is 2.53 bits per heavy atom. The molecule has 0 saturated heterocycles. The maximum absolute atomic E-state index is 6.05. The van der Waals surface area contributed by atoms with Crippen molar-refractivity contribution in [2.75, 3.05) is 13.1 Å². The van der Waals surface area contributed by atoms with E-state index in [1.54, 1.807) is 0 Å². The predicted octanol–water partition coefficient (Wildman–Crippen LogP) is 3.31. The van der Waals surface area contributed by atoms with E-state index in [1.807, 2.05) is 0 Å². The molecule has 0 aromatic heterocycles. The Bertz CT molecular complexity index is 180. The van der Waals surface area contributed by atoms with Gasteiger partial charge in [0.15, 0.2) is 0 Å². The molecule has 3 N–H and O–H groups in total. The Morgan fingerprint density at radius 2 is 1.88 bits per heavy atom. The maximum Gasteiger partial charge on any atom is 0.00792 e. The molecule has 2 atom stereocenters. The van der Waals surface area contributed by atoms with Crippen LogP contribution in [0.2, 0.25) is 0 Å². The van der Waals surface area contributed by atoms with Gasteiger partial charge in [0.25, 0.3) is 0 Å². The molecule has 1 rings (SSSR count). The lowest BCUT2D eigenvalue weighted by atomic mass is 10.0. The van der Waals surface area contributed by atoms with Gasteiger partial charge in [-0.3, -0.25) is 0 Å². The molecule has 102 valence electrons. The van der Waals surface area contributed by atoms with Gasteiger partial charge < -0.3 is 11.1 Å². The number of rotatable bonds is 9. The van der Waals surface area contributed by atoms with Gasteiger partial charge in [-0.05, 0) is 44.2 Å². The molecule has 0 spiro atoms. The summed E-state index contributed by atoms with van der Waals surface area (Å²) in [6, 6.07) is 0.466. The highest BCUT2D eigenvalue weighted by molar-refractivity contribution is 4.81. The summed E-state index contributed by atoms with van der Waals surface area (Å²) >= 11 is 0. The Hall–Kier alpha value is -0.0800. The summed E-state index contributed by atoms with van der Waals surface area (Å²) in [6.45, 7) is 6.96. The second-order valence-electron chi connectivity index (χ2n) is 6.16. The fourth-order valence-corrected chi connectivity index (χ4v) is 2.76. The van der Waals surface area contributed by atoms with E-state index in [1.165, 1.54) is 57.9 Å².